The minimum absolute atomic E-state index is 0.0304. The van der Waals surface area contributed by atoms with Gasteiger partial charge >= 0.3 is 12.4 Å². The Balaban J connectivity index is 2.09. The van der Waals surface area contributed by atoms with E-state index in [1.165, 1.54) is 21.3 Å². The Morgan fingerprint density at radius 2 is 1.31 bits per heavy atom. The van der Waals surface area contributed by atoms with E-state index in [0.29, 0.717) is 34.9 Å². The molecule has 12 heteroatoms. The number of amides is 1. The van der Waals surface area contributed by atoms with Gasteiger partial charge in [0.1, 0.15) is 5.75 Å². The molecule has 1 amide bonds. The Morgan fingerprint density at radius 1 is 0.812 bits per heavy atom. The zero-order valence-electron chi connectivity index (χ0n) is 17.1. The van der Waals surface area contributed by atoms with E-state index >= 15 is 0 Å². The molecule has 0 unspecified atom stereocenters. The van der Waals surface area contributed by atoms with E-state index in [1.807, 2.05) is 0 Å². The van der Waals surface area contributed by atoms with E-state index in [1.54, 1.807) is 12.1 Å². The van der Waals surface area contributed by atoms with Crippen molar-refractivity contribution in [1.29, 1.82) is 0 Å². The van der Waals surface area contributed by atoms with Gasteiger partial charge in [-0.2, -0.15) is 26.3 Å². The molecule has 0 fully saturated rings. The van der Waals surface area contributed by atoms with Crippen LogP contribution in [0.4, 0.5) is 26.3 Å². The molecule has 1 N–H and O–H groups in total. The molecule has 0 spiro atoms. The van der Waals surface area contributed by atoms with Gasteiger partial charge < -0.3 is 24.3 Å². The molecule has 176 valence electrons. The number of hydrogen-bond donors (Lipinski definition) is 1. The summed E-state index contributed by atoms with van der Waals surface area (Å²) in [6.07, 6.45) is -10.0. The number of carbonyl (C=O) groups excluding carboxylic acids is 1. The van der Waals surface area contributed by atoms with E-state index in [-0.39, 0.29) is 12.6 Å². The van der Waals surface area contributed by atoms with Crippen LogP contribution in [0.5, 0.6) is 23.0 Å². The molecule has 32 heavy (non-hydrogen) atoms. The van der Waals surface area contributed by atoms with E-state index in [9.17, 15) is 31.1 Å². The van der Waals surface area contributed by atoms with Gasteiger partial charge in [0.25, 0.3) is 5.91 Å². The van der Waals surface area contributed by atoms with Crippen LogP contribution in [0, 0.1) is 0 Å². The fourth-order valence-corrected chi connectivity index (χ4v) is 2.65. The van der Waals surface area contributed by atoms with Crippen LogP contribution in [-0.2, 0) is 23.7 Å². The van der Waals surface area contributed by atoms with Crippen molar-refractivity contribution in [3.63, 3.8) is 0 Å². The molecule has 0 atom stereocenters. The summed E-state index contributed by atoms with van der Waals surface area (Å²) in [5, 5.41) is 2.44. The molecule has 0 radical (unpaired) electrons. The summed E-state index contributed by atoms with van der Waals surface area (Å²) in [4.78, 5) is 12.0. The van der Waals surface area contributed by atoms with Gasteiger partial charge in [0.05, 0.1) is 32.5 Å². The minimum Gasteiger partial charge on any atom is -0.493 e. The molecule has 0 aromatic heterocycles. The van der Waals surface area contributed by atoms with Crippen LogP contribution < -0.4 is 24.3 Å². The maximum atomic E-state index is 12.9. The number of alkyl halides is 6. The van der Waals surface area contributed by atoms with Crippen LogP contribution in [-0.4, -0.2) is 33.8 Å². The molecule has 0 aliphatic carbocycles. The summed E-state index contributed by atoms with van der Waals surface area (Å²) in [5.74, 6) is -0.523. The Kier molecular flexibility index (Phi) is 7.70. The van der Waals surface area contributed by atoms with Crippen LogP contribution in [0.1, 0.15) is 16.7 Å². The van der Waals surface area contributed by atoms with Gasteiger partial charge in [0.15, 0.2) is 18.1 Å². The number of halogens is 6. The molecule has 2 rings (SSSR count). The highest BCUT2D eigenvalue weighted by Crippen LogP contribution is 2.39. The first-order chi connectivity index (χ1) is 14.9. The summed E-state index contributed by atoms with van der Waals surface area (Å²) >= 11 is 0. The highest BCUT2D eigenvalue weighted by molar-refractivity contribution is 5.77. The van der Waals surface area contributed by atoms with Crippen molar-refractivity contribution in [2.24, 2.45) is 0 Å². The maximum absolute atomic E-state index is 12.9. The fourth-order valence-electron chi connectivity index (χ4n) is 2.65. The highest BCUT2D eigenvalue weighted by atomic mass is 19.4. The van der Waals surface area contributed by atoms with Crippen LogP contribution >= 0.6 is 0 Å². The first-order valence-electron chi connectivity index (χ1n) is 8.87. The van der Waals surface area contributed by atoms with Gasteiger partial charge in [0, 0.05) is 6.54 Å². The van der Waals surface area contributed by atoms with Crippen LogP contribution in [0.15, 0.2) is 30.3 Å². The third-order valence-corrected chi connectivity index (χ3v) is 4.15. The summed E-state index contributed by atoms with van der Waals surface area (Å²) in [5.41, 5.74) is -2.55. The quantitative estimate of drug-likeness (QED) is 0.582. The zero-order chi connectivity index (χ0) is 24.1. The Hall–Kier alpha value is -3.31. The summed E-state index contributed by atoms with van der Waals surface area (Å²) in [7, 11) is 4.21. The van der Waals surface area contributed by atoms with Gasteiger partial charge in [-0.05, 0) is 35.9 Å². The number of benzene rings is 2. The average molecular weight is 467 g/mol. The van der Waals surface area contributed by atoms with Gasteiger partial charge in [-0.15, -0.1) is 0 Å². The standard InChI is InChI=1S/C20H19F6NO5/c1-29-15-4-11(5-16(30-2)18(15)31-3)9-27-17(28)10-32-14-7-12(19(21,22)23)6-13(8-14)20(24,25)26/h4-8H,9-10H2,1-3H3,(H,27,28). The lowest BCUT2D eigenvalue weighted by atomic mass is 10.1. The molecule has 2 aromatic carbocycles. The third kappa shape index (κ3) is 6.34. The summed E-state index contributed by atoms with van der Waals surface area (Å²) in [6, 6.07) is 3.87. The van der Waals surface area contributed by atoms with Crippen LogP contribution in [0.25, 0.3) is 0 Å². The number of nitrogens with one attached hydrogen (secondary N) is 1. The molecule has 0 aliphatic rings. The number of ether oxygens (including phenoxy) is 4. The second kappa shape index (κ2) is 9.88. The lowest BCUT2D eigenvalue weighted by Crippen LogP contribution is -2.28. The van der Waals surface area contributed by atoms with Gasteiger partial charge in [0.2, 0.25) is 5.75 Å². The van der Waals surface area contributed by atoms with Crippen molar-refractivity contribution in [1.82, 2.24) is 5.32 Å². The fraction of sp³-hybridized carbons (Fsp3) is 0.350. The Bertz CT molecular complexity index is 901. The topological polar surface area (TPSA) is 66.0 Å². The van der Waals surface area contributed by atoms with Gasteiger partial charge in [-0.3, -0.25) is 4.79 Å². The molecule has 6 nitrogen and oxygen atoms in total. The normalized spacial score (nSPS) is 11.7. The van der Waals surface area contributed by atoms with E-state index in [4.69, 9.17) is 18.9 Å². The average Bonchev–Trinajstić information content (AvgIpc) is 2.73. The monoisotopic (exact) mass is 467 g/mol. The molecule has 2 aromatic rings. The van der Waals surface area contributed by atoms with Crippen LogP contribution in [0.2, 0.25) is 0 Å². The SMILES string of the molecule is COc1cc(CNC(=O)COc2cc(C(F)(F)F)cc(C(F)(F)F)c2)cc(OC)c1OC. The van der Waals surface area contributed by atoms with Crippen molar-refractivity contribution in [3.05, 3.63) is 47.0 Å². The number of hydrogen-bond acceptors (Lipinski definition) is 5. The Labute approximate surface area is 179 Å². The van der Waals surface area contributed by atoms with E-state index < -0.39 is 41.7 Å². The van der Waals surface area contributed by atoms with Gasteiger partial charge in [-0.25, -0.2) is 0 Å². The van der Waals surface area contributed by atoms with Crippen molar-refractivity contribution < 1.29 is 50.1 Å². The predicted octanol–water partition coefficient (Wildman–Crippen LogP) is 4.45. The van der Waals surface area contributed by atoms with Crippen molar-refractivity contribution in [2.75, 3.05) is 27.9 Å². The van der Waals surface area contributed by atoms with E-state index in [2.05, 4.69) is 5.32 Å². The largest absolute Gasteiger partial charge is 0.493 e. The van der Waals surface area contributed by atoms with Gasteiger partial charge in [-0.1, -0.05) is 0 Å². The third-order valence-electron chi connectivity index (χ3n) is 4.15. The van der Waals surface area contributed by atoms with Crippen LogP contribution in [0.3, 0.4) is 0 Å². The smallest absolute Gasteiger partial charge is 0.416 e. The first-order valence-corrected chi connectivity index (χ1v) is 8.87. The zero-order valence-corrected chi connectivity index (χ0v) is 17.1. The lowest BCUT2D eigenvalue weighted by molar-refractivity contribution is -0.143. The number of methoxy groups -OCH3 is 3. The summed E-state index contributed by atoms with van der Waals surface area (Å²) < 4.78 is 97.8. The van der Waals surface area contributed by atoms with Crippen molar-refractivity contribution in [2.45, 2.75) is 18.9 Å². The molecular weight excluding hydrogens is 448 g/mol. The molecule has 0 heterocycles. The van der Waals surface area contributed by atoms with E-state index in [0.717, 1.165) is 0 Å². The van der Waals surface area contributed by atoms with Crippen molar-refractivity contribution in [3.8, 4) is 23.0 Å². The molecule has 0 saturated carbocycles. The molecular formula is C20H19F6NO5. The molecule has 0 aliphatic heterocycles. The minimum atomic E-state index is -5.02. The number of rotatable bonds is 8. The number of carbonyl (C=O) groups is 1. The maximum Gasteiger partial charge on any atom is 0.416 e. The highest BCUT2D eigenvalue weighted by Gasteiger charge is 2.37. The Morgan fingerprint density at radius 3 is 1.72 bits per heavy atom. The van der Waals surface area contributed by atoms with Crippen molar-refractivity contribution >= 4 is 5.91 Å². The second-order valence-electron chi connectivity index (χ2n) is 6.34. The predicted molar refractivity (Wildman–Crippen MR) is 99.9 cm³/mol. The lowest BCUT2D eigenvalue weighted by Gasteiger charge is -2.15. The first kappa shape index (κ1) is 25.0. The molecule has 0 saturated heterocycles. The summed E-state index contributed by atoms with van der Waals surface area (Å²) in [6.45, 7) is -0.849. The molecule has 0 bridgehead atoms. The second-order valence-corrected chi connectivity index (χ2v) is 6.34.